The van der Waals surface area contributed by atoms with Crippen molar-refractivity contribution >= 4 is 38.7 Å². The van der Waals surface area contributed by atoms with E-state index in [1.807, 2.05) is 114 Å². The number of ether oxygens (including phenoxy) is 1. The number of alkyl halides is 1. The van der Waals surface area contributed by atoms with E-state index in [0.29, 0.717) is 55.3 Å². The number of fused-ring (bicyclic) bond motifs is 1. The van der Waals surface area contributed by atoms with Crippen LogP contribution in [0.2, 0.25) is 0 Å². The normalized spacial score (nSPS) is 13.2. The van der Waals surface area contributed by atoms with Gasteiger partial charge in [-0.05, 0) is 47.4 Å². The molecule has 0 unspecified atom stereocenters. The number of nitrogens with zero attached hydrogens (tertiary/aromatic N) is 6. The summed E-state index contributed by atoms with van der Waals surface area (Å²) < 4.78 is 24.6. The van der Waals surface area contributed by atoms with Gasteiger partial charge in [0.15, 0.2) is 5.82 Å². The molecule has 5 aromatic carbocycles. The number of aromatic nitrogens is 4. The van der Waals surface area contributed by atoms with Crippen LogP contribution in [0.1, 0.15) is 23.1 Å². The van der Waals surface area contributed by atoms with Gasteiger partial charge < -0.3 is 24.7 Å². The standard InChI is InChI=1S/C44H38BrFN6O5/c45-22-11-27-57-38-28-30(20-21-35(38)49-23-25-50(26-24-49)43(55)56)40-41-36(29-39(54)51(47-41)42-34(46)18-10-19-37(42)53)52(48-40)44(31-12-4-1-5-13-31,32-14-6-2-7-15-32)33-16-8-3-9-17-33/h1-10,12-21,28-29,53H,11,22-27H2,(H,55,56). The molecule has 7 aromatic rings. The van der Waals surface area contributed by atoms with Gasteiger partial charge in [0, 0.05) is 43.1 Å². The molecule has 13 heteroatoms. The van der Waals surface area contributed by atoms with E-state index in [2.05, 4.69) is 20.8 Å². The number of phenols is 1. The highest BCUT2D eigenvalue weighted by molar-refractivity contribution is 9.09. The highest BCUT2D eigenvalue weighted by Crippen LogP contribution is 2.44. The Bertz CT molecular complexity index is 2480. The summed E-state index contributed by atoms with van der Waals surface area (Å²) in [7, 11) is 0. The van der Waals surface area contributed by atoms with Crippen molar-refractivity contribution in [2.24, 2.45) is 0 Å². The van der Waals surface area contributed by atoms with Crippen molar-refractivity contribution in [3.05, 3.63) is 166 Å². The summed E-state index contributed by atoms with van der Waals surface area (Å²) >= 11 is 3.49. The van der Waals surface area contributed by atoms with Gasteiger partial charge in [-0.15, -0.1) is 0 Å². The lowest BCUT2D eigenvalue weighted by atomic mass is 9.77. The summed E-state index contributed by atoms with van der Waals surface area (Å²) in [6, 6.07) is 40.6. The van der Waals surface area contributed by atoms with E-state index in [4.69, 9.17) is 14.9 Å². The van der Waals surface area contributed by atoms with Crippen LogP contribution in [0.3, 0.4) is 0 Å². The number of phenolic OH excluding ortho intramolecular Hbond substituents is 1. The number of hydrogen-bond donors (Lipinski definition) is 2. The van der Waals surface area contributed by atoms with E-state index in [0.717, 1.165) is 44.9 Å². The Morgan fingerprint density at radius 1 is 0.789 bits per heavy atom. The molecular weight excluding hydrogens is 791 g/mol. The monoisotopic (exact) mass is 828 g/mol. The molecule has 0 bridgehead atoms. The first-order chi connectivity index (χ1) is 27.8. The fourth-order valence-corrected chi connectivity index (χ4v) is 7.85. The maximum Gasteiger partial charge on any atom is 0.407 e. The van der Waals surface area contributed by atoms with E-state index in [9.17, 15) is 19.8 Å². The smallest absolute Gasteiger partial charge is 0.407 e. The van der Waals surface area contributed by atoms with Crippen LogP contribution in [0.25, 0.3) is 28.0 Å². The van der Waals surface area contributed by atoms with Crippen LogP contribution in [0.5, 0.6) is 11.5 Å². The summed E-state index contributed by atoms with van der Waals surface area (Å²) in [5, 5.41) is 31.3. The summed E-state index contributed by atoms with van der Waals surface area (Å²) in [5.41, 5.74) is 2.85. The minimum Gasteiger partial charge on any atom is -0.506 e. The molecule has 1 saturated heterocycles. The maximum absolute atomic E-state index is 15.4. The zero-order valence-corrected chi connectivity index (χ0v) is 32.3. The number of para-hydroxylation sites is 1. The van der Waals surface area contributed by atoms with Gasteiger partial charge in [-0.1, -0.05) is 119 Å². The third-order valence-electron chi connectivity index (χ3n) is 10.3. The molecule has 0 spiro atoms. The lowest BCUT2D eigenvalue weighted by Gasteiger charge is -2.37. The van der Waals surface area contributed by atoms with Gasteiger partial charge in [0.1, 0.15) is 33.9 Å². The van der Waals surface area contributed by atoms with Crippen molar-refractivity contribution in [2.45, 2.75) is 12.0 Å². The number of halogens is 2. The molecule has 288 valence electrons. The predicted octanol–water partition coefficient (Wildman–Crippen LogP) is 7.90. The molecule has 8 rings (SSSR count). The topological polar surface area (TPSA) is 126 Å². The quantitative estimate of drug-likeness (QED) is 0.0767. The molecule has 0 aliphatic carbocycles. The number of carbonyl (C=O) groups is 1. The van der Waals surface area contributed by atoms with E-state index >= 15 is 4.39 Å². The number of rotatable bonds is 11. The van der Waals surface area contributed by atoms with Crippen LogP contribution in [0.15, 0.2) is 138 Å². The molecule has 0 radical (unpaired) electrons. The molecule has 1 amide bonds. The Morgan fingerprint density at radius 2 is 1.40 bits per heavy atom. The Hall–Kier alpha value is -6.47. The van der Waals surface area contributed by atoms with E-state index in [-0.39, 0.29) is 11.2 Å². The zero-order chi connectivity index (χ0) is 39.5. The maximum atomic E-state index is 15.4. The van der Waals surface area contributed by atoms with Gasteiger partial charge in [-0.2, -0.15) is 14.9 Å². The van der Waals surface area contributed by atoms with Gasteiger partial charge in [-0.25, -0.2) is 13.9 Å². The highest BCUT2D eigenvalue weighted by atomic mass is 79.9. The van der Waals surface area contributed by atoms with Crippen LogP contribution in [-0.2, 0) is 5.54 Å². The number of amides is 1. The lowest BCUT2D eigenvalue weighted by Crippen LogP contribution is -2.48. The number of carboxylic acid groups (broad SMARTS) is 1. The summed E-state index contributed by atoms with van der Waals surface area (Å²) in [5.74, 6) is -0.694. The molecule has 11 nitrogen and oxygen atoms in total. The van der Waals surface area contributed by atoms with Crippen LogP contribution >= 0.6 is 15.9 Å². The SMILES string of the molecule is O=C(O)N1CCN(c2ccc(-c3nn(C(c4ccccc4)(c4ccccc4)c4ccccc4)c4cc(=O)n(-c5c(O)cccc5F)nc34)cc2OCCCBr)CC1. The number of piperazine rings is 1. The summed E-state index contributed by atoms with van der Waals surface area (Å²) in [4.78, 5) is 29.3. The molecule has 1 aliphatic rings. The second-order valence-corrected chi connectivity index (χ2v) is 14.4. The average Bonchev–Trinajstić information content (AvgIpc) is 3.60. The molecule has 2 aromatic heterocycles. The molecular formula is C44H38BrFN6O5. The van der Waals surface area contributed by atoms with Gasteiger partial charge >= 0.3 is 6.09 Å². The third kappa shape index (κ3) is 6.88. The molecule has 0 saturated carbocycles. The highest BCUT2D eigenvalue weighted by Gasteiger charge is 2.41. The second kappa shape index (κ2) is 15.9. The largest absolute Gasteiger partial charge is 0.506 e. The summed E-state index contributed by atoms with van der Waals surface area (Å²) in [6.45, 7) is 2.06. The Labute approximate surface area is 335 Å². The minimum atomic E-state index is -1.14. The average molecular weight is 830 g/mol. The van der Waals surface area contributed by atoms with Crippen molar-refractivity contribution < 1.29 is 24.1 Å². The van der Waals surface area contributed by atoms with Crippen LogP contribution in [0.4, 0.5) is 14.9 Å². The van der Waals surface area contributed by atoms with Crippen molar-refractivity contribution in [3.63, 3.8) is 0 Å². The molecule has 2 N–H and O–H groups in total. The lowest BCUT2D eigenvalue weighted by molar-refractivity contribution is 0.142. The first-order valence-corrected chi connectivity index (χ1v) is 19.7. The minimum absolute atomic E-state index is 0.277. The number of anilines is 1. The molecule has 3 heterocycles. The van der Waals surface area contributed by atoms with Crippen molar-refractivity contribution in [1.82, 2.24) is 24.5 Å². The Balaban J connectivity index is 1.43. The Morgan fingerprint density at radius 3 is 1.96 bits per heavy atom. The van der Waals surface area contributed by atoms with Gasteiger partial charge in [0.05, 0.1) is 17.8 Å². The molecule has 0 atom stereocenters. The van der Waals surface area contributed by atoms with Crippen LogP contribution in [-0.4, -0.2) is 78.9 Å². The van der Waals surface area contributed by atoms with Crippen molar-refractivity contribution in [2.75, 3.05) is 43.0 Å². The van der Waals surface area contributed by atoms with E-state index in [1.165, 1.54) is 23.1 Å². The fourth-order valence-electron chi connectivity index (χ4n) is 7.62. The zero-order valence-electron chi connectivity index (χ0n) is 30.7. The fraction of sp³-hybridized carbons (Fsp3) is 0.182. The van der Waals surface area contributed by atoms with Gasteiger partial charge in [0.25, 0.3) is 5.56 Å². The summed E-state index contributed by atoms with van der Waals surface area (Å²) in [6.07, 6.45) is -0.213. The predicted molar refractivity (Wildman–Crippen MR) is 221 cm³/mol. The first-order valence-electron chi connectivity index (χ1n) is 18.5. The van der Waals surface area contributed by atoms with E-state index in [1.54, 1.807) is 0 Å². The number of hydrogen-bond acceptors (Lipinski definition) is 7. The van der Waals surface area contributed by atoms with Gasteiger partial charge in [-0.3, -0.25) is 4.79 Å². The van der Waals surface area contributed by atoms with Crippen LogP contribution < -0.4 is 15.2 Å². The number of benzene rings is 5. The van der Waals surface area contributed by atoms with Crippen molar-refractivity contribution in [3.8, 4) is 28.4 Å². The molecule has 57 heavy (non-hydrogen) atoms. The van der Waals surface area contributed by atoms with Gasteiger partial charge in [0.2, 0.25) is 0 Å². The third-order valence-corrected chi connectivity index (χ3v) is 10.9. The molecule has 1 aliphatic heterocycles. The second-order valence-electron chi connectivity index (χ2n) is 13.6. The first kappa shape index (κ1) is 37.5. The van der Waals surface area contributed by atoms with Crippen molar-refractivity contribution in [1.29, 1.82) is 0 Å². The molecule has 1 fully saturated rings. The Kier molecular flexibility index (Phi) is 10.5. The van der Waals surface area contributed by atoms with E-state index < -0.39 is 28.8 Å². The number of aromatic hydroxyl groups is 1. The van der Waals surface area contributed by atoms with Crippen LogP contribution in [0, 0.1) is 5.82 Å².